The summed E-state index contributed by atoms with van der Waals surface area (Å²) in [4.78, 5) is 25.0. The number of hydrogen-bond donors (Lipinski definition) is 1. The van der Waals surface area contributed by atoms with Gasteiger partial charge in [-0.05, 0) is 68.0 Å². The minimum atomic E-state index is -0.258. The fourth-order valence-electron chi connectivity index (χ4n) is 3.85. The predicted octanol–water partition coefficient (Wildman–Crippen LogP) is 4.42. The minimum Gasteiger partial charge on any atom is -0.497 e. The Balaban J connectivity index is 1.57. The first-order valence-corrected chi connectivity index (χ1v) is 10.2. The average Bonchev–Trinajstić information content (AvgIpc) is 2.76. The Morgan fingerprint density at radius 1 is 0.966 bits per heavy atom. The maximum Gasteiger partial charge on any atom is 0.220 e. The quantitative estimate of drug-likeness (QED) is 0.672. The highest BCUT2D eigenvalue weighted by Crippen LogP contribution is 2.29. The summed E-state index contributed by atoms with van der Waals surface area (Å²) in [5, 5.41) is 2.95. The van der Waals surface area contributed by atoms with E-state index in [1.165, 1.54) is 24.0 Å². The lowest BCUT2D eigenvalue weighted by molar-refractivity contribution is -0.121. The van der Waals surface area contributed by atoms with Gasteiger partial charge in [0.25, 0.3) is 0 Å². The van der Waals surface area contributed by atoms with Crippen molar-refractivity contribution in [3.05, 3.63) is 58.7 Å². The van der Waals surface area contributed by atoms with Gasteiger partial charge in [-0.25, -0.2) is 0 Å². The molecule has 1 amide bonds. The van der Waals surface area contributed by atoms with Gasteiger partial charge in [0.1, 0.15) is 11.5 Å². The SMILES string of the molecule is COc1ccc(OC)c([C@@H](C)NC(=O)CCC(=O)c2ccc3c(c2)CCCC3)c1. The van der Waals surface area contributed by atoms with Crippen molar-refractivity contribution in [1.82, 2.24) is 5.32 Å². The number of benzene rings is 2. The van der Waals surface area contributed by atoms with E-state index in [2.05, 4.69) is 11.4 Å². The Bertz CT molecular complexity index is 890. The summed E-state index contributed by atoms with van der Waals surface area (Å²) in [5.41, 5.74) is 4.18. The van der Waals surface area contributed by atoms with Crippen LogP contribution < -0.4 is 14.8 Å². The standard InChI is InChI=1S/C24H29NO4/c1-16(21-15-20(28-2)10-12-23(21)29-3)25-24(27)13-11-22(26)19-9-8-17-6-4-5-7-18(17)14-19/h8-10,12,14-16H,4-7,11,13H2,1-3H3,(H,25,27)/t16-/m1/s1. The van der Waals surface area contributed by atoms with E-state index in [1.54, 1.807) is 14.2 Å². The molecule has 0 saturated heterocycles. The second-order valence-electron chi connectivity index (χ2n) is 7.51. The number of Topliss-reactive ketones (excluding diaryl/α,β-unsaturated/α-hetero) is 1. The highest BCUT2D eigenvalue weighted by molar-refractivity contribution is 5.98. The van der Waals surface area contributed by atoms with Gasteiger partial charge in [0.2, 0.25) is 5.91 Å². The molecule has 3 rings (SSSR count). The topological polar surface area (TPSA) is 64.6 Å². The molecule has 0 aliphatic heterocycles. The molecule has 29 heavy (non-hydrogen) atoms. The normalized spacial score (nSPS) is 13.9. The lowest BCUT2D eigenvalue weighted by Crippen LogP contribution is -2.27. The Morgan fingerprint density at radius 2 is 1.72 bits per heavy atom. The summed E-state index contributed by atoms with van der Waals surface area (Å²) >= 11 is 0. The molecule has 2 aromatic rings. The third-order valence-electron chi connectivity index (χ3n) is 5.53. The largest absolute Gasteiger partial charge is 0.497 e. The van der Waals surface area contributed by atoms with E-state index in [9.17, 15) is 9.59 Å². The highest BCUT2D eigenvalue weighted by atomic mass is 16.5. The summed E-state index contributed by atoms with van der Waals surface area (Å²) in [6.45, 7) is 1.89. The molecule has 154 valence electrons. The monoisotopic (exact) mass is 395 g/mol. The van der Waals surface area contributed by atoms with Gasteiger partial charge in [0.05, 0.1) is 20.3 Å². The van der Waals surface area contributed by atoms with Gasteiger partial charge >= 0.3 is 0 Å². The molecule has 2 aromatic carbocycles. The fraction of sp³-hybridized carbons (Fsp3) is 0.417. The number of aryl methyl sites for hydroxylation is 2. The maximum atomic E-state index is 12.6. The van der Waals surface area contributed by atoms with Crippen molar-refractivity contribution >= 4 is 11.7 Å². The van der Waals surface area contributed by atoms with E-state index in [0.29, 0.717) is 17.1 Å². The molecule has 1 N–H and O–H groups in total. The van der Waals surface area contributed by atoms with Crippen LogP contribution in [0.1, 0.15) is 65.7 Å². The van der Waals surface area contributed by atoms with Crippen LogP contribution in [0.5, 0.6) is 11.5 Å². The van der Waals surface area contributed by atoms with Crippen molar-refractivity contribution in [3.8, 4) is 11.5 Å². The van der Waals surface area contributed by atoms with Crippen LogP contribution in [0.25, 0.3) is 0 Å². The summed E-state index contributed by atoms with van der Waals surface area (Å²) in [7, 11) is 3.19. The molecule has 0 spiro atoms. The van der Waals surface area contributed by atoms with Gasteiger partial charge in [-0.15, -0.1) is 0 Å². The number of fused-ring (bicyclic) bond motifs is 1. The van der Waals surface area contributed by atoms with Crippen LogP contribution in [0.15, 0.2) is 36.4 Å². The van der Waals surface area contributed by atoms with Crippen LogP contribution in [-0.2, 0) is 17.6 Å². The lowest BCUT2D eigenvalue weighted by Gasteiger charge is -2.18. The number of ether oxygens (including phenoxy) is 2. The number of hydrogen-bond acceptors (Lipinski definition) is 4. The van der Waals surface area contributed by atoms with Crippen LogP contribution in [0.4, 0.5) is 0 Å². The predicted molar refractivity (Wildman–Crippen MR) is 113 cm³/mol. The zero-order valence-electron chi connectivity index (χ0n) is 17.4. The van der Waals surface area contributed by atoms with Crippen LogP contribution in [0.2, 0.25) is 0 Å². The number of methoxy groups -OCH3 is 2. The van der Waals surface area contributed by atoms with E-state index in [1.807, 2.05) is 37.3 Å². The van der Waals surface area contributed by atoms with Gasteiger partial charge in [-0.1, -0.05) is 12.1 Å². The van der Waals surface area contributed by atoms with Crippen molar-refractivity contribution in [2.75, 3.05) is 14.2 Å². The highest BCUT2D eigenvalue weighted by Gasteiger charge is 2.17. The molecule has 0 bridgehead atoms. The van der Waals surface area contributed by atoms with E-state index in [4.69, 9.17) is 9.47 Å². The number of ketones is 1. The number of carbonyl (C=O) groups excluding carboxylic acids is 2. The average molecular weight is 395 g/mol. The molecule has 0 heterocycles. The van der Waals surface area contributed by atoms with Crippen LogP contribution >= 0.6 is 0 Å². The van der Waals surface area contributed by atoms with Crippen molar-refractivity contribution in [2.45, 2.75) is 51.5 Å². The molecule has 1 aliphatic rings. The Hall–Kier alpha value is -2.82. The van der Waals surface area contributed by atoms with Gasteiger partial charge in [-0.3, -0.25) is 9.59 Å². The fourth-order valence-corrected chi connectivity index (χ4v) is 3.85. The molecule has 1 aliphatic carbocycles. The van der Waals surface area contributed by atoms with Crippen LogP contribution in [0, 0.1) is 0 Å². The second kappa shape index (κ2) is 9.59. The lowest BCUT2D eigenvalue weighted by atomic mass is 9.89. The van der Waals surface area contributed by atoms with Crippen molar-refractivity contribution in [1.29, 1.82) is 0 Å². The summed E-state index contributed by atoms with van der Waals surface area (Å²) < 4.78 is 10.7. The number of nitrogens with one attached hydrogen (secondary N) is 1. The number of amides is 1. The number of rotatable bonds is 8. The Labute approximate surface area is 172 Å². The van der Waals surface area contributed by atoms with E-state index in [-0.39, 0.29) is 30.6 Å². The molecule has 0 fully saturated rings. The van der Waals surface area contributed by atoms with Crippen molar-refractivity contribution in [2.24, 2.45) is 0 Å². The Morgan fingerprint density at radius 3 is 2.45 bits per heavy atom. The molecular weight excluding hydrogens is 366 g/mol. The third-order valence-corrected chi connectivity index (χ3v) is 5.53. The van der Waals surface area contributed by atoms with Crippen molar-refractivity contribution < 1.29 is 19.1 Å². The first-order valence-electron chi connectivity index (χ1n) is 10.2. The molecule has 0 radical (unpaired) electrons. The van der Waals surface area contributed by atoms with Crippen LogP contribution in [-0.4, -0.2) is 25.9 Å². The summed E-state index contributed by atoms with van der Waals surface area (Å²) in [5.74, 6) is 1.24. The van der Waals surface area contributed by atoms with E-state index >= 15 is 0 Å². The molecule has 0 unspecified atom stereocenters. The van der Waals surface area contributed by atoms with E-state index in [0.717, 1.165) is 18.4 Å². The third kappa shape index (κ3) is 5.17. The molecule has 5 heteroatoms. The molecular formula is C24H29NO4. The summed E-state index contributed by atoms with van der Waals surface area (Å²) in [6.07, 6.45) is 4.89. The maximum absolute atomic E-state index is 12.6. The van der Waals surface area contributed by atoms with E-state index < -0.39 is 0 Å². The first-order chi connectivity index (χ1) is 14.0. The molecule has 1 atom stereocenters. The molecule has 0 aromatic heterocycles. The zero-order valence-corrected chi connectivity index (χ0v) is 17.4. The van der Waals surface area contributed by atoms with Gasteiger partial charge < -0.3 is 14.8 Å². The smallest absolute Gasteiger partial charge is 0.220 e. The summed E-state index contributed by atoms with van der Waals surface area (Å²) in [6, 6.07) is 11.2. The van der Waals surface area contributed by atoms with Crippen molar-refractivity contribution in [3.63, 3.8) is 0 Å². The molecule has 5 nitrogen and oxygen atoms in total. The minimum absolute atomic E-state index is 0.0140. The van der Waals surface area contributed by atoms with Gasteiger partial charge in [0, 0.05) is 24.0 Å². The second-order valence-corrected chi connectivity index (χ2v) is 7.51. The van der Waals surface area contributed by atoms with Gasteiger partial charge in [0.15, 0.2) is 5.78 Å². The Kier molecular flexibility index (Phi) is 6.91. The first kappa shape index (κ1) is 20.9. The zero-order chi connectivity index (χ0) is 20.8. The molecule has 0 saturated carbocycles. The van der Waals surface area contributed by atoms with Gasteiger partial charge in [-0.2, -0.15) is 0 Å². The number of carbonyl (C=O) groups is 2. The van der Waals surface area contributed by atoms with Crippen LogP contribution in [0.3, 0.4) is 0 Å².